The van der Waals surface area contributed by atoms with E-state index >= 15 is 0 Å². The summed E-state index contributed by atoms with van der Waals surface area (Å²) in [6, 6.07) is 0. The molecule has 0 saturated heterocycles. The minimum atomic E-state index is 0.779. The van der Waals surface area contributed by atoms with Crippen molar-refractivity contribution in [2.45, 2.75) is 33.2 Å². The Hall–Kier alpha value is -0.900. The third kappa shape index (κ3) is 4.37. The van der Waals surface area contributed by atoms with E-state index < -0.39 is 0 Å². The molecule has 1 aromatic rings. The number of aryl methyl sites for hydroxylation is 1. The Morgan fingerprint density at radius 3 is 3.00 bits per heavy atom. The van der Waals surface area contributed by atoms with Gasteiger partial charge in [-0.25, -0.2) is 0 Å². The summed E-state index contributed by atoms with van der Waals surface area (Å²) in [5, 5.41) is 11.1. The topological polar surface area (TPSA) is 42.7 Å². The molecule has 0 fully saturated rings. The number of hydrogen-bond acceptors (Lipinski definition) is 3. The van der Waals surface area contributed by atoms with Crippen molar-refractivity contribution >= 4 is 0 Å². The van der Waals surface area contributed by atoms with Crippen LogP contribution in [0.3, 0.4) is 0 Å². The van der Waals surface area contributed by atoms with Gasteiger partial charge in [-0.1, -0.05) is 25.5 Å². The molecule has 1 rings (SSSR count). The molecule has 1 unspecified atom stereocenters. The molecule has 0 aliphatic heterocycles. The number of rotatable bonds is 7. The lowest BCUT2D eigenvalue weighted by molar-refractivity contribution is 0.474. The van der Waals surface area contributed by atoms with E-state index in [0.29, 0.717) is 0 Å². The monoisotopic (exact) mass is 196 g/mol. The highest BCUT2D eigenvalue weighted by molar-refractivity contribution is 4.64. The molecule has 1 N–H and O–H groups in total. The van der Waals surface area contributed by atoms with E-state index in [0.717, 1.165) is 32.0 Å². The van der Waals surface area contributed by atoms with Crippen molar-refractivity contribution in [1.82, 2.24) is 20.3 Å². The van der Waals surface area contributed by atoms with Crippen LogP contribution in [-0.2, 0) is 6.54 Å². The van der Waals surface area contributed by atoms with E-state index in [1.54, 1.807) is 6.20 Å². The Labute approximate surface area is 85.7 Å². The molecule has 0 saturated carbocycles. The van der Waals surface area contributed by atoms with Crippen molar-refractivity contribution in [3.05, 3.63) is 12.4 Å². The van der Waals surface area contributed by atoms with Crippen molar-refractivity contribution in [3.8, 4) is 0 Å². The molecule has 1 atom stereocenters. The van der Waals surface area contributed by atoms with Crippen LogP contribution in [0.2, 0.25) is 0 Å². The van der Waals surface area contributed by atoms with Gasteiger partial charge in [0.05, 0.1) is 6.20 Å². The van der Waals surface area contributed by atoms with Gasteiger partial charge in [-0.2, -0.15) is 0 Å². The Balaban J connectivity index is 1.95. The molecule has 0 bridgehead atoms. The van der Waals surface area contributed by atoms with Crippen molar-refractivity contribution in [3.63, 3.8) is 0 Å². The first kappa shape index (κ1) is 11.2. The summed E-state index contributed by atoms with van der Waals surface area (Å²) in [6.07, 6.45) is 5.97. The van der Waals surface area contributed by atoms with Gasteiger partial charge < -0.3 is 5.32 Å². The fourth-order valence-corrected chi connectivity index (χ4v) is 1.21. The minimum absolute atomic E-state index is 0.779. The first-order chi connectivity index (χ1) is 6.83. The van der Waals surface area contributed by atoms with Crippen LogP contribution in [0.5, 0.6) is 0 Å². The van der Waals surface area contributed by atoms with Gasteiger partial charge in [0.25, 0.3) is 0 Å². The minimum Gasteiger partial charge on any atom is -0.316 e. The first-order valence-corrected chi connectivity index (χ1v) is 5.37. The van der Waals surface area contributed by atoms with E-state index in [2.05, 4.69) is 29.5 Å². The second-order valence-electron chi connectivity index (χ2n) is 3.74. The fourth-order valence-electron chi connectivity index (χ4n) is 1.21. The van der Waals surface area contributed by atoms with Gasteiger partial charge in [0.1, 0.15) is 0 Å². The fraction of sp³-hybridized carbons (Fsp3) is 0.800. The Morgan fingerprint density at radius 1 is 1.50 bits per heavy atom. The second-order valence-corrected chi connectivity index (χ2v) is 3.74. The van der Waals surface area contributed by atoms with Gasteiger partial charge >= 0.3 is 0 Å². The van der Waals surface area contributed by atoms with Gasteiger partial charge in [-0.15, -0.1) is 5.10 Å². The lowest BCUT2D eigenvalue weighted by atomic mass is 10.1. The van der Waals surface area contributed by atoms with Crippen LogP contribution < -0.4 is 5.32 Å². The second kappa shape index (κ2) is 6.54. The quantitative estimate of drug-likeness (QED) is 0.668. The number of hydrogen-bond donors (Lipinski definition) is 1. The van der Waals surface area contributed by atoms with Crippen LogP contribution in [-0.4, -0.2) is 28.1 Å². The maximum absolute atomic E-state index is 3.90. The average Bonchev–Trinajstić information content (AvgIpc) is 2.69. The lowest BCUT2D eigenvalue weighted by Crippen LogP contribution is -2.22. The normalized spacial score (nSPS) is 13.0. The molecule has 4 heteroatoms. The predicted molar refractivity (Wildman–Crippen MR) is 57.0 cm³/mol. The molecule has 0 radical (unpaired) electrons. The summed E-state index contributed by atoms with van der Waals surface area (Å²) in [5.41, 5.74) is 0. The zero-order valence-electron chi connectivity index (χ0n) is 9.11. The third-order valence-corrected chi connectivity index (χ3v) is 2.40. The van der Waals surface area contributed by atoms with E-state index in [4.69, 9.17) is 0 Å². The Bertz CT molecular complexity index is 220. The van der Waals surface area contributed by atoms with Crippen LogP contribution in [0, 0.1) is 5.92 Å². The maximum atomic E-state index is 3.90. The highest BCUT2D eigenvalue weighted by Crippen LogP contribution is 1.97. The van der Waals surface area contributed by atoms with Crippen molar-refractivity contribution in [2.75, 3.05) is 13.1 Å². The standard InChI is InChI=1S/C10H20N4/c1-3-10(2)9-11-5-4-7-14-8-6-12-13-14/h6,8,10-11H,3-5,7,9H2,1-2H3. The molecule has 1 aromatic heterocycles. The van der Waals surface area contributed by atoms with E-state index in [1.165, 1.54) is 6.42 Å². The van der Waals surface area contributed by atoms with Crippen LogP contribution in [0.25, 0.3) is 0 Å². The molecule has 0 amide bonds. The van der Waals surface area contributed by atoms with Gasteiger partial charge in [-0.3, -0.25) is 4.68 Å². The van der Waals surface area contributed by atoms with E-state index in [-0.39, 0.29) is 0 Å². The SMILES string of the molecule is CCC(C)CNCCCn1ccnn1. The highest BCUT2D eigenvalue weighted by Gasteiger charge is 1.97. The van der Waals surface area contributed by atoms with Crippen LogP contribution in [0.1, 0.15) is 26.7 Å². The van der Waals surface area contributed by atoms with E-state index in [9.17, 15) is 0 Å². The summed E-state index contributed by atoms with van der Waals surface area (Å²) < 4.78 is 1.87. The molecule has 0 aliphatic rings. The summed E-state index contributed by atoms with van der Waals surface area (Å²) in [5.74, 6) is 0.779. The molecule has 1 heterocycles. The number of aromatic nitrogens is 3. The van der Waals surface area contributed by atoms with Gasteiger partial charge in [0, 0.05) is 12.7 Å². The zero-order valence-corrected chi connectivity index (χ0v) is 9.11. The maximum Gasteiger partial charge on any atom is 0.0692 e. The van der Waals surface area contributed by atoms with Gasteiger partial charge in [0.2, 0.25) is 0 Å². The Kier molecular flexibility index (Phi) is 5.22. The summed E-state index contributed by atoms with van der Waals surface area (Å²) in [7, 11) is 0. The first-order valence-electron chi connectivity index (χ1n) is 5.37. The molecule has 4 nitrogen and oxygen atoms in total. The molecular weight excluding hydrogens is 176 g/mol. The summed E-state index contributed by atoms with van der Waals surface area (Å²) >= 11 is 0. The third-order valence-electron chi connectivity index (χ3n) is 2.40. The molecular formula is C10H20N4. The van der Waals surface area contributed by atoms with Gasteiger partial charge in [0.15, 0.2) is 0 Å². The predicted octanol–water partition coefficient (Wildman–Crippen LogP) is 1.30. The molecule has 0 aliphatic carbocycles. The molecule has 0 spiro atoms. The number of nitrogens with one attached hydrogen (secondary N) is 1. The molecule has 0 aromatic carbocycles. The molecule has 80 valence electrons. The van der Waals surface area contributed by atoms with Gasteiger partial charge in [-0.05, 0) is 25.4 Å². The van der Waals surface area contributed by atoms with E-state index in [1.807, 2.05) is 10.9 Å². The van der Waals surface area contributed by atoms with Crippen LogP contribution in [0.15, 0.2) is 12.4 Å². The highest BCUT2D eigenvalue weighted by atomic mass is 15.4. The average molecular weight is 196 g/mol. The number of nitrogens with zero attached hydrogens (tertiary/aromatic N) is 3. The molecule has 14 heavy (non-hydrogen) atoms. The summed E-state index contributed by atoms with van der Waals surface area (Å²) in [4.78, 5) is 0. The zero-order chi connectivity index (χ0) is 10.2. The van der Waals surface area contributed by atoms with Crippen molar-refractivity contribution < 1.29 is 0 Å². The lowest BCUT2D eigenvalue weighted by Gasteiger charge is -2.09. The van der Waals surface area contributed by atoms with Crippen molar-refractivity contribution in [2.24, 2.45) is 5.92 Å². The van der Waals surface area contributed by atoms with Crippen LogP contribution in [0.4, 0.5) is 0 Å². The Morgan fingerprint density at radius 2 is 2.36 bits per heavy atom. The largest absolute Gasteiger partial charge is 0.316 e. The van der Waals surface area contributed by atoms with Crippen LogP contribution >= 0.6 is 0 Å². The van der Waals surface area contributed by atoms with Crippen molar-refractivity contribution in [1.29, 1.82) is 0 Å². The summed E-state index contributed by atoms with van der Waals surface area (Å²) in [6.45, 7) is 7.62. The smallest absolute Gasteiger partial charge is 0.0692 e.